The normalized spacial score (nSPS) is 16.7. The largest absolute Gasteiger partial charge is 0.463 e. The Morgan fingerprint density at radius 3 is 2.50 bits per heavy atom. The summed E-state index contributed by atoms with van der Waals surface area (Å²) in [6.45, 7) is 3.83. The number of carbonyl (C=O) groups is 2. The average molecular weight is 413 g/mol. The lowest BCUT2D eigenvalue weighted by molar-refractivity contribution is -0.140. The van der Waals surface area contributed by atoms with Gasteiger partial charge in [0.05, 0.1) is 18.7 Å². The van der Waals surface area contributed by atoms with Crippen molar-refractivity contribution in [3.8, 4) is 0 Å². The van der Waals surface area contributed by atoms with Crippen molar-refractivity contribution < 1.29 is 23.1 Å². The van der Waals surface area contributed by atoms with Crippen LogP contribution in [0.5, 0.6) is 0 Å². The summed E-state index contributed by atoms with van der Waals surface area (Å²) < 4.78 is 32.9. The van der Waals surface area contributed by atoms with Crippen LogP contribution in [0.4, 0.5) is 8.78 Å². The van der Waals surface area contributed by atoms with Crippen LogP contribution in [0.15, 0.2) is 59.8 Å². The monoisotopic (exact) mass is 413 g/mol. The van der Waals surface area contributed by atoms with Gasteiger partial charge in [0.25, 0.3) is 0 Å². The lowest BCUT2D eigenvalue weighted by atomic mass is 9.82. The molecule has 0 N–H and O–H groups in total. The third-order valence-corrected chi connectivity index (χ3v) is 5.19. The first-order chi connectivity index (χ1) is 14.5. The van der Waals surface area contributed by atoms with E-state index in [2.05, 4.69) is 0 Å². The maximum Gasteiger partial charge on any atom is 0.336 e. The predicted molar refractivity (Wildman–Crippen MR) is 109 cm³/mol. The Morgan fingerprint density at radius 2 is 1.87 bits per heavy atom. The number of hydrogen-bond donors (Lipinski definition) is 0. The summed E-state index contributed by atoms with van der Waals surface area (Å²) in [5, 5.41) is 0. The third-order valence-electron chi connectivity index (χ3n) is 5.19. The number of carbonyl (C=O) groups excluding carboxylic acids is 2. The number of esters is 1. The van der Waals surface area contributed by atoms with E-state index in [1.165, 1.54) is 11.0 Å². The molecule has 1 aliphatic rings. The van der Waals surface area contributed by atoms with E-state index in [1.807, 2.05) is 37.3 Å². The summed E-state index contributed by atoms with van der Waals surface area (Å²) in [5.74, 6) is -2.49. The van der Waals surface area contributed by atoms with Gasteiger partial charge >= 0.3 is 5.97 Å². The van der Waals surface area contributed by atoms with Crippen LogP contribution in [0.2, 0.25) is 0 Å². The first-order valence-electron chi connectivity index (χ1n) is 10.2. The van der Waals surface area contributed by atoms with Crippen LogP contribution in [0, 0.1) is 11.6 Å². The van der Waals surface area contributed by atoms with E-state index in [-0.39, 0.29) is 31.0 Å². The number of allylic oxidation sites excluding steroid dienone is 1. The molecule has 2 aromatic rings. The summed E-state index contributed by atoms with van der Waals surface area (Å²) in [7, 11) is 0. The number of benzene rings is 2. The summed E-state index contributed by atoms with van der Waals surface area (Å²) >= 11 is 0. The lowest BCUT2D eigenvalue weighted by Crippen LogP contribution is -2.39. The van der Waals surface area contributed by atoms with Gasteiger partial charge in [-0.15, -0.1) is 0 Å². The molecule has 0 saturated heterocycles. The molecule has 0 spiro atoms. The van der Waals surface area contributed by atoms with Crippen LogP contribution in [0.1, 0.15) is 50.2 Å². The maximum atomic E-state index is 14.3. The van der Waals surface area contributed by atoms with Crippen LogP contribution in [-0.4, -0.2) is 23.4 Å². The Balaban J connectivity index is 2.10. The van der Waals surface area contributed by atoms with Crippen LogP contribution < -0.4 is 0 Å². The maximum absolute atomic E-state index is 14.3. The van der Waals surface area contributed by atoms with E-state index in [0.29, 0.717) is 24.1 Å². The standard InChI is InChI=1S/C24H25F2NO3/c1-3-8-21-23(24(29)30-4-2)19(16-9-6-5-7-10-16)14-22(28)27(21)15-17-11-12-18(25)13-20(17)26/h5-7,9-13,19H,3-4,8,14-15H2,1-2H3/t19-/m0/s1. The molecule has 30 heavy (non-hydrogen) atoms. The molecule has 0 bridgehead atoms. The molecule has 0 fully saturated rings. The second-order valence-corrected chi connectivity index (χ2v) is 7.21. The smallest absolute Gasteiger partial charge is 0.336 e. The number of amides is 1. The highest BCUT2D eigenvalue weighted by atomic mass is 19.1. The van der Waals surface area contributed by atoms with Gasteiger partial charge < -0.3 is 9.64 Å². The van der Waals surface area contributed by atoms with E-state index in [1.54, 1.807) is 6.92 Å². The number of ether oxygens (including phenoxy) is 1. The molecule has 158 valence electrons. The molecule has 4 nitrogen and oxygen atoms in total. The topological polar surface area (TPSA) is 46.6 Å². The second-order valence-electron chi connectivity index (χ2n) is 7.21. The van der Waals surface area contributed by atoms with Gasteiger partial charge in [-0.3, -0.25) is 4.79 Å². The molecule has 1 amide bonds. The summed E-state index contributed by atoms with van der Waals surface area (Å²) in [5.41, 5.74) is 2.03. The summed E-state index contributed by atoms with van der Waals surface area (Å²) in [4.78, 5) is 27.5. The van der Waals surface area contributed by atoms with Crippen molar-refractivity contribution in [1.82, 2.24) is 4.90 Å². The molecule has 0 aromatic heterocycles. The van der Waals surface area contributed by atoms with Crippen molar-refractivity contribution in [3.63, 3.8) is 0 Å². The zero-order valence-corrected chi connectivity index (χ0v) is 17.2. The first kappa shape index (κ1) is 21.7. The van der Waals surface area contributed by atoms with Crippen molar-refractivity contribution >= 4 is 11.9 Å². The Labute approximate surface area is 175 Å². The minimum atomic E-state index is -0.721. The van der Waals surface area contributed by atoms with E-state index in [9.17, 15) is 18.4 Å². The molecular weight excluding hydrogens is 388 g/mol. The van der Waals surface area contributed by atoms with E-state index in [4.69, 9.17) is 4.74 Å². The quantitative estimate of drug-likeness (QED) is 0.594. The fraction of sp³-hybridized carbons (Fsp3) is 0.333. The molecule has 1 aliphatic heterocycles. The van der Waals surface area contributed by atoms with Crippen LogP contribution >= 0.6 is 0 Å². The molecule has 6 heteroatoms. The van der Waals surface area contributed by atoms with Gasteiger partial charge in [-0.25, -0.2) is 13.6 Å². The highest BCUT2D eigenvalue weighted by Gasteiger charge is 2.38. The van der Waals surface area contributed by atoms with Crippen LogP contribution in [0.25, 0.3) is 0 Å². The fourth-order valence-electron chi connectivity index (χ4n) is 3.83. The summed E-state index contributed by atoms with van der Waals surface area (Å²) in [6.07, 6.45) is 1.23. The molecule has 3 rings (SSSR count). The van der Waals surface area contributed by atoms with Crippen molar-refractivity contribution in [2.45, 2.75) is 45.6 Å². The van der Waals surface area contributed by atoms with E-state index >= 15 is 0 Å². The Morgan fingerprint density at radius 1 is 1.13 bits per heavy atom. The van der Waals surface area contributed by atoms with Crippen molar-refractivity contribution in [3.05, 3.63) is 82.6 Å². The van der Waals surface area contributed by atoms with Gasteiger partial charge in [0.2, 0.25) is 5.91 Å². The van der Waals surface area contributed by atoms with Crippen molar-refractivity contribution in [2.24, 2.45) is 0 Å². The van der Waals surface area contributed by atoms with Gasteiger partial charge in [0, 0.05) is 29.7 Å². The van der Waals surface area contributed by atoms with Gasteiger partial charge in [-0.1, -0.05) is 49.7 Å². The number of nitrogens with zero attached hydrogens (tertiary/aromatic N) is 1. The minimum Gasteiger partial charge on any atom is -0.463 e. The minimum absolute atomic E-state index is 0.0648. The van der Waals surface area contributed by atoms with Gasteiger partial charge in [0.1, 0.15) is 11.6 Å². The Bertz CT molecular complexity index is 956. The Hall–Kier alpha value is -3.02. The molecule has 1 atom stereocenters. The van der Waals surface area contributed by atoms with Crippen molar-refractivity contribution in [2.75, 3.05) is 6.61 Å². The third kappa shape index (κ3) is 4.58. The number of rotatable bonds is 7. The lowest BCUT2D eigenvalue weighted by Gasteiger charge is -2.36. The van der Waals surface area contributed by atoms with Gasteiger partial charge in [0.15, 0.2) is 0 Å². The zero-order valence-electron chi connectivity index (χ0n) is 17.2. The van der Waals surface area contributed by atoms with E-state index in [0.717, 1.165) is 17.7 Å². The van der Waals surface area contributed by atoms with Crippen LogP contribution in [0.3, 0.4) is 0 Å². The van der Waals surface area contributed by atoms with Crippen LogP contribution in [-0.2, 0) is 20.9 Å². The molecule has 1 heterocycles. The predicted octanol–water partition coefficient (Wildman–Crippen LogP) is 5.10. The fourth-order valence-corrected chi connectivity index (χ4v) is 3.83. The molecule has 0 radical (unpaired) electrons. The van der Waals surface area contributed by atoms with E-state index < -0.39 is 23.5 Å². The first-order valence-corrected chi connectivity index (χ1v) is 10.2. The Kier molecular flexibility index (Phi) is 6.98. The highest BCUT2D eigenvalue weighted by Crippen LogP contribution is 2.39. The SMILES string of the molecule is CCCC1=C(C(=O)OCC)[C@H](c2ccccc2)CC(=O)N1Cc1ccc(F)cc1F. The molecule has 0 unspecified atom stereocenters. The summed E-state index contributed by atoms with van der Waals surface area (Å²) in [6, 6.07) is 12.7. The molecule has 0 saturated carbocycles. The number of halogens is 2. The second kappa shape index (κ2) is 9.65. The average Bonchev–Trinajstić information content (AvgIpc) is 2.72. The molecule has 2 aromatic carbocycles. The van der Waals surface area contributed by atoms with Gasteiger partial charge in [-0.2, -0.15) is 0 Å². The van der Waals surface area contributed by atoms with Gasteiger partial charge in [-0.05, 0) is 25.0 Å². The zero-order chi connectivity index (χ0) is 21.7. The molecule has 0 aliphatic carbocycles. The van der Waals surface area contributed by atoms with Crippen molar-refractivity contribution in [1.29, 1.82) is 0 Å². The highest BCUT2D eigenvalue weighted by molar-refractivity contribution is 5.96. The molecular formula is C24H25F2NO3. The number of hydrogen-bond acceptors (Lipinski definition) is 3.